The third-order valence-electron chi connectivity index (χ3n) is 4.03. The Kier molecular flexibility index (Phi) is 5.18. The zero-order valence-corrected chi connectivity index (χ0v) is 15.0. The van der Waals surface area contributed by atoms with Gasteiger partial charge in [0.1, 0.15) is 0 Å². The summed E-state index contributed by atoms with van der Waals surface area (Å²) < 4.78 is 0. The topological polar surface area (TPSA) is 99.3 Å². The minimum Gasteiger partial charge on any atom is -0.503 e. The minimum absolute atomic E-state index is 0.125. The Hall–Kier alpha value is -2.93. The Labute approximate surface area is 153 Å². The van der Waals surface area contributed by atoms with Crippen LogP contribution in [0.4, 0.5) is 0 Å². The fraction of sp³-hybridized carbons (Fsp3) is 0.211. The molecule has 0 atom stereocenters. The highest BCUT2D eigenvalue weighted by atomic mass is 32.1. The molecular weight excluding hydrogens is 352 g/mol. The quantitative estimate of drug-likeness (QED) is 0.581. The molecule has 7 heteroatoms. The predicted octanol–water partition coefficient (Wildman–Crippen LogP) is 2.86. The van der Waals surface area contributed by atoms with Gasteiger partial charge in [0.05, 0.1) is 17.6 Å². The summed E-state index contributed by atoms with van der Waals surface area (Å²) in [5.74, 6) is -0.906. The molecule has 0 bridgehead atoms. The SMILES string of the molecule is CCCNC(=O)c1ccc2c(=O)c(O)c(CC(=O)c3ccsc3)[nH]c2c1. The number of hydrogen-bond acceptors (Lipinski definition) is 5. The second-order valence-electron chi connectivity index (χ2n) is 5.91. The van der Waals surface area contributed by atoms with Crippen molar-refractivity contribution in [3.63, 3.8) is 0 Å². The summed E-state index contributed by atoms with van der Waals surface area (Å²) in [5, 5.41) is 16.7. The number of carbonyl (C=O) groups excluding carboxylic acids is 2. The van der Waals surface area contributed by atoms with E-state index in [2.05, 4.69) is 10.3 Å². The van der Waals surface area contributed by atoms with Gasteiger partial charge in [-0.1, -0.05) is 6.92 Å². The van der Waals surface area contributed by atoms with Crippen molar-refractivity contribution >= 4 is 33.9 Å². The van der Waals surface area contributed by atoms with Crippen molar-refractivity contribution in [3.05, 3.63) is 62.1 Å². The molecule has 2 heterocycles. The van der Waals surface area contributed by atoms with Crippen LogP contribution in [0.3, 0.4) is 0 Å². The minimum atomic E-state index is -0.563. The van der Waals surface area contributed by atoms with Crippen LogP contribution >= 0.6 is 11.3 Å². The first-order chi connectivity index (χ1) is 12.5. The number of rotatable bonds is 6. The Bertz CT molecular complexity index is 1020. The first kappa shape index (κ1) is 17.9. The van der Waals surface area contributed by atoms with Gasteiger partial charge in [-0.15, -0.1) is 0 Å². The van der Waals surface area contributed by atoms with E-state index in [4.69, 9.17) is 0 Å². The average Bonchev–Trinajstić information content (AvgIpc) is 3.18. The molecule has 1 aromatic carbocycles. The molecule has 1 amide bonds. The molecule has 0 aliphatic heterocycles. The second kappa shape index (κ2) is 7.53. The van der Waals surface area contributed by atoms with Crippen LogP contribution in [0, 0.1) is 0 Å². The van der Waals surface area contributed by atoms with Gasteiger partial charge in [-0.2, -0.15) is 11.3 Å². The van der Waals surface area contributed by atoms with Crippen LogP contribution in [0.5, 0.6) is 5.75 Å². The Morgan fingerprint density at radius 2 is 2.04 bits per heavy atom. The number of carbonyl (C=O) groups is 2. The molecule has 2 aromatic heterocycles. The molecule has 26 heavy (non-hydrogen) atoms. The molecule has 0 radical (unpaired) electrons. The summed E-state index contributed by atoms with van der Waals surface area (Å²) in [6.07, 6.45) is 0.693. The number of benzene rings is 1. The number of H-pyrrole nitrogens is 1. The third-order valence-corrected chi connectivity index (χ3v) is 4.71. The van der Waals surface area contributed by atoms with Gasteiger partial charge in [0.15, 0.2) is 11.5 Å². The largest absolute Gasteiger partial charge is 0.503 e. The number of Topliss-reactive ketones (excluding diaryl/α,β-unsaturated/α-hetero) is 1. The second-order valence-corrected chi connectivity index (χ2v) is 6.69. The van der Waals surface area contributed by atoms with Crippen LogP contribution in [-0.4, -0.2) is 28.3 Å². The van der Waals surface area contributed by atoms with E-state index in [1.54, 1.807) is 22.9 Å². The predicted molar refractivity (Wildman–Crippen MR) is 101 cm³/mol. The Morgan fingerprint density at radius 1 is 1.23 bits per heavy atom. The molecule has 6 nitrogen and oxygen atoms in total. The molecule has 3 N–H and O–H groups in total. The number of nitrogens with one attached hydrogen (secondary N) is 2. The van der Waals surface area contributed by atoms with Crippen LogP contribution < -0.4 is 10.7 Å². The number of aromatic hydroxyl groups is 1. The lowest BCUT2D eigenvalue weighted by molar-refractivity contribution is 0.0952. The molecule has 0 spiro atoms. The molecule has 0 fully saturated rings. The number of pyridine rings is 1. The lowest BCUT2D eigenvalue weighted by Crippen LogP contribution is -2.24. The number of thiophene rings is 1. The van der Waals surface area contributed by atoms with E-state index >= 15 is 0 Å². The number of amides is 1. The van der Waals surface area contributed by atoms with Gasteiger partial charge in [-0.25, -0.2) is 0 Å². The van der Waals surface area contributed by atoms with Crippen LogP contribution in [0.1, 0.15) is 39.8 Å². The van der Waals surface area contributed by atoms with Crippen LogP contribution in [0.15, 0.2) is 39.8 Å². The smallest absolute Gasteiger partial charge is 0.251 e. The molecule has 0 unspecified atom stereocenters. The highest BCUT2D eigenvalue weighted by molar-refractivity contribution is 7.08. The first-order valence-electron chi connectivity index (χ1n) is 8.22. The monoisotopic (exact) mass is 370 g/mol. The highest BCUT2D eigenvalue weighted by Gasteiger charge is 2.16. The summed E-state index contributed by atoms with van der Waals surface area (Å²) in [6, 6.07) is 6.29. The van der Waals surface area contributed by atoms with Crippen molar-refractivity contribution in [3.8, 4) is 5.75 Å². The van der Waals surface area contributed by atoms with Gasteiger partial charge in [-0.3, -0.25) is 14.4 Å². The number of aromatic nitrogens is 1. The lowest BCUT2D eigenvalue weighted by atomic mass is 10.1. The van der Waals surface area contributed by atoms with Crippen molar-refractivity contribution in [2.24, 2.45) is 0 Å². The first-order valence-corrected chi connectivity index (χ1v) is 9.17. The van der Waals surface area contributed by atoms with Crippen LogP contribution in [0.2, 0.25) is 0 Å². The normalized spacial score (nSPS) is 10.8. The molecule has 0 aliphatic rings. The van der Waals surface area contributed by atoms with E-state index in [1.165, 1.54) is 23.5 Å². The highest BCUT2D eigenvalue weighted by Crippen LogP contribution is 2.20. The Morgan fingerprint density at radius 3 is 2.73 bits per heavy atom. The van der Waals surface area contributed by atoms with Crippen LogP contribution in [0.25, 0.3) is 10.9 Å². The molecule has 134 valence electrons. The van der Waals surface area contributed by atoms with E-state index < -0.39 is 11.2 Å². The summed E-state index contributed by atoms with van der Waals surface area (Å²) in [7, 11) is 0. The summed E-state index contributed by atoms with van der Waals surface area (Å²) >= 11 is 1.40. The third kappa shape index (κ3) is 3.52. The maximum Gasteiger partial charge on any atom is 0.251 e. The molecular formula is C19H18N2O4S. The average molecular weight is 370 g/mol. The molecule has 0 saturated carbocycles. The maximum absolute atomic E-state index is 12.4. The van der Waals surface area contributed by atoms with E-state index in [0.29, 0.717) is 23.2 Å². The number of ketones is 1. The summed E-state index contributed by atoms with van der Waals surface area (Å²) in [6.45, 7) is 2.51. The number of aromatic amines is 1. The van der Waals surface area contributed by atoms with Gasteiger partial charge in [0, 0.05) is 28.4 Å². The summed E-state index contributed by atoms with van der Waals surface area (Å²) in [4.78, 5) is 39.7. The van der Waals surface area contributed by atoms with Crippen molar-refractivity contribution < 1.29 is 14.7 Å². The maximum atomic E-state index is 12.4. The lowest BCUT2D eigenvalue weighted by Gasteiger charge is -2.08. The molecule has 0 saturated heterocycles. The fourth-order valence-electron chi connectivity index (χ4n) is 2.63. The number of hydrogen-bond donors (Lipinski definition) is 3. The van der Waals surface area contributed by atoms with Crippen molar-refractivity contribution in [2.45, 2.75) is 19.8 Å². The van der Waals surface area contributed by atoms with Gasteiger partial charge in [0.2, 0.25) is 5.43 Å². The van der Waals surface area contributed by atoms with Crippen LogP contribution in [-0.2, 0) is 6.42 Å². The molecule has 3 aromatic rings. The van der Waals surface area contributed by atoms with Crippen molar-refractivity contribution in [1.82, 2.24) is 10.3 Å². The fourth-order valence-corrected chi connectivity index (χ4v) is 3.29. The van der Waals surface area contributed by atoms with E-state index in [1.807, 2.05) is 6.92 Å². The van der Waals surface area contributed by atoms with E-state index in [9.17, 15) is 19.5 Å². The standard InChI is InChI=1S/C19H18N2O4S/c1-2-6-20-19(25)11-3-4-13-14(8-11)21-15(18(24)17(13)23)9-16(22)12-5-7-26-10-12/h3-5,7-8,10,24H,2,6,9H2,1H3,(H,20,25)(H,21,23). The van der Waals surface area contributed by atoms with Crippen molar-refractivity contribution in [1.29, 1.82) is 0 Å². The zero-order valence-electron chi connectivity index (χ0n) is 14.2. The van der Waals surface area contributed by atoms with E-state index in [0.717, 1.165) is 6.42 Å². The van der Waals surface area contributed by atoms with Gasteiger partial charge < -0.3 is 15.4 Å². The van der Waals surface area contributed by atoms with Gasteiger partial charge in [-0.05, 0) is 36.1 Å². The molecule has 3 rings (SSSR count). The molecule has 0 aliphatic carbocycles. The van der Waals surface area contributed by atoms with Crippen molar-refractivity contribution in [2.75, 3.05) is 6.54 Å². The zero-order chi connectivity index (χ0) is 18.7. The van der Waals surface area contributed by atoms with Gasteiger partial charge >= 0.3 is 0 Å². The number of fused-ring (bicyclic) bond motifs is 1. The van der Waals surface area contributed by atoms with E-state index in [-0.39, 0.29) is 29.2 Å². The Balaban J connectivity index is 1.99. The summed E-state index contributed by atoms with van der Waals surface area (Å²) in [5.41, 5.74) is 0.924. The van der Waals surface area contributed by atoms with Gasteiger partial charge in [0.25, 0.3) is 5.91 Å².